The van der Waals surface area contributed by atoms with Crippen LogP contribution in [-0.2, 0) is 14.9 Å². The van der Waals surface area contributed by atoms with Crippen LogP contribution in [0.1, 0.15) is 25.3 Å². The molecule has 1 aliphatic carbocycles. The molecule has 26 heavy (non-hydrogen) atoms. The molecule has 5 nitrogen and oxygen atoms in total. The highest BCUT2D eigenvalue weighted by Crippen LogP contribution is 2.67. The van der Waals surface area contributed by atoms with Crippen LogP contribution < -0.4 is 4.90 Å². The van der Waals surface area contributed by atoms with Gasteiger partial charge in [0.25, 0.3) is 0 Å². The van der Waals surface area contributed by atoms with Crippen LogP contribution in [0, 0.1) is 11.8 Å². The van der Waals surface area contributed by atoms with Gasteiger partial charge in [-0.2, -0.15) is 0 Å². The Labute approximate surface area is 154 Å². The van der Waals surface area contributed by atoms with E-state index in [0.717, 1.165) is 37.2 Å². The quantitative estimate of drug-likeness (QED) is 0.617. The van der Waals surface area contributed by atoms with Gasteiger partial charge in [0.1, 0.15) is 0 Å². The summed E-state index contributed by atoms with van der Waals surface area (Å²) < 4.78 is 5.31. The minimum Gasteiger partial charge on any atom is -0.469 e. The Morgan fingerprint density at radius 2 is 2.15 bits per heavy atom. The van der Waals surface area contributed by atoms with Crippen molar-refractivity contribution in [2.24, 2.45) is 11.8 Å². The molecular formula is C21H26N2O3. The summed E-state index contributed by atoms with van der Waals surface area (Å²) in [5.74, 6) is -0.408. The van der Waals surface area contributed by atoms with E-state index in [-0.39, 0.29) is 23.8 Å². The fraction of sp³-hybridized carbons (Fsp3) is 0.571. The number of hydrogen-bond acceptors (Lipinski definition) is 5. The van der Waals surface area contributed by atoms with E-state index in [1.165, 1.54) is 12.7 Å². The van der Waals surface area contributed by atoms with Crippen LogP contribution in [-0.4, -0.2) is 55.0 Å². The molecule has 3 aliphatic heterocycles. The van der Waals surface area contributed by atoms with E-state index in [2.05, 4.69) is 30.0 Å². The SMILES string of the molecule is CC=C1CN2CC[C@@]34c5ccccc5N(C)[C@]3(O)[C@@H]2C[C@H]1[C@H]4C(=O)OC. The third-order valence-electron chi connectivity index (χ3n) is 7.71. The zero-order chi connectivity index (χ0) is 18.3. The van der Waals surface area contributed by atoms with Crippen LogP contribution in [0.3, 0.4) is 0 Å². The first-order valence-electron chi connectivity index (χ1n) is 9.53. The molecule has 5 atom stereocenters. The molecule has 1 saturated carbocycles. The molecule has 3 bridgehead atoms. The molecule has 1 aromatic carbocycles. The maximum Gasteiger partial charge on any atom is 0.310 e. The average Bonchev–Trinajstić information content (AvgIpc) is 2.87. The number of anilines is 1. The second-order valence-electron chi connectivity index (χ2n) is 8.22. The first kappa shape index (κ1) is 16.3. The molecule has 2 saturated heterocycles. The maximum atomic E-state index is 13.1. The molecule has 138 valence electrons. The zero-order valence-electron chi connectivity index (χ0n) is 15.6. The van der Waals surface area contributed by atoms with Crippen LogP contribution >= 0.6 is 0 Å². The Morgan fingerprint density at radius 1 is 1.38 bits per heavy atom. The largest absolute Gasteiger partial charge is 0.469 e. The number of esters is 1. The molecule has 5 heteroatoms. The molecule has 0 unspecified atom stereocenters. The van der Waals surface area contributed by atoms with Crippen LogP contribution in [0.2, 0.25) is 0 Å². The Kier molecular flexibility index (Phi) is 3.21. The zero-order valence-corrected chi connectivity index (χ0v) is 15.6. The number of allylic oxidation sites excluding steroid dienone is 1. The van der Waals surface area contributed by atoms with Gasteiger partial charge in [-0.3, -0.25) is 9.69 Å². The van der Waals surface area contributed by atoms with Crippen molar-refractivity contribution in [1.82, 2.24) is 4.90 Å². The second kappa shape index (κ2) is 5.11. The molecule has 1 N–H and O–H groups in total. The number of piperidine rings is 2. The number of carbonyl (C=O) groups is 1. The monoisotopic (exact) mass is 354 g/mol. The number of ether oxygens (including phenoxy) is 1. The van der Waals surface area contributed by atoms with Gasteiger partial charge < -0.3 is 14.7 Å². The third kappa shape index (κ3) is 1.54. The number of aliphatic hydroxyl groups is 1. The Morgan fingerprint density at radius 3 is 2.88 bits per heavy atom. The lowest BCUT2D eigenvalue weighted by molar-refractivity contribution is -0.206. The predicted octanol–water partition coefficient (Wildman–Crippen LogP) is 1.91. The van der Waals surface area contributed by atoms with Crippen molar-refractivity contribution in [3.05, 3.63) is 41.5 Å². The van der Waals surface area contributed by atoms with Gasteiger partial charge in [-0.1, -0.05) is 29.8 Å². The van der Waals surface area contributed by atoms with E-state index >= 15 is 0 Å². The van der Waals surface area contributed by atoms with Gasteiger partial charge in [0, 0.05) is 25.8 Å². The molecule has 0 radical (unpaired) electrons. The molecule has 3 fully saturated rings. The third-order valence-corrected chi connectivity index (χ3v) is 7.71. The number of hydrogen-bond donors (Lipinski definition) is 1. The number of likely N-dealkylation sites (N-methyl/N-ethyl adjacent to an activating group) is 1. The normalized spacial score (nSPS) is 41.9. The van der Waals surface area contributed by atoms with Crippen molar-refractivity contribution in [2.75, 3.05) is 32.1 Å². The number of nitrogens with zero attached hydrogens (tertiary/aromatic N) is 2. The number of benzene rings is 1. The van der Waals surface area contributed by atoms with Gasteiger partial charge in [0.15, 0.2) is 5.72 Å². The summed E-state index contributed by atoms with van der Waals surface area (Å²) >= 11 is 0. The molecule has 4 aliphatic rings. The second-order valence-corrected chi connectivity index (χ2v) is 8.22. The van der Waals surface area contributed by atoms with Crippen molar-refractivity contribution in [2.45, 2.75) is 36.9 Å². The van der Waals surface area contributed by atoms with Crippen molar-refractivity contribution in [1.29, 1.82) is 0 Å². The molecule has 0 amide bonds. The summed E-state index contributed by atoms with van der Waals surface area (Å²) in [6.07, 6.45) is 3.74. The van der Waals surface area contributed by atoms with Crippen molar-refractivity contribution >= 4 is 11.7 Å². The standard InChI is InChI=1S/C21H26N2O3/c1-4-13-12-23-10-9-20-15-7-5-6-8-16(15)22(2)21(20,25)17(23)11-14(13)18(20)19(24)26-3/h4-8,14,17-18,25H,9-12H2,1-3H3/t14-,17+,18+,20+,21+/m1/s1. The van der Waals surface area contributed by atoms with Gasteiger partial charge >= 0.3 is 5.97 Å². The first-order chi connectivity index (χ1) is 12.5. The number of rotatable bonds is 1. The first-order valence-corrected chi connectivity index (χ1v) is 9.53. The Hall–Kier alpha value is -1.85. The number of carbonyl (C=O) groups excluding carboxylic acids is 1. The summed E-state index contributed by atoms with van der Waals surface area (Å²) in [7, 11) is 3.45. The van der Waals surface area contributed by atoms with E-state index in [1.807, 2.05) is 24.1 Å². The van der Waals surface area contributed by atoms with Crippen molar-refractivity contribution < 1.29 is 14.6 Å². The topological polar surface area (TPSA) is 53.0 Å². The predicted molar refractivity (Wildman–Crippen MR) is 98.8 cm³/mol. The van der Waals surface area contributed by atoms with E-state index in [1.54, 1.807) is 0 Å². The minimum absolute atomic E-state index is 0.0308. The van der Waals surface area contributed by atoms with Crippen molar-refractivity contribution in [3.8, 4) is 0 Å². The van der Waals surface area contributed by atoms with Crippen LogP contribution in [0.5, 0.6) is 0 Å². The molecule has 0 aromatic heterocycles. The lowest BCUT2D eigenvalue weighted by Crippen LogP contribution is -2.80. The molecule has 5 rings (SSSR count). The Balaban J connectivity index is 1.83. The summed E-state index contributed by atoms with van der Waals surface area (Å²) in [5, 5.41) is 12.2. The molecular weight excluding hydrogens is 328 g/mol. The smallest absolute Gasteiger partial charge is 0.310 e. The minimum atomic E-state index is -1.08. The highest BCUT2D eigenvalue weighted by atomic mass is 16.5. The van der Waals surface area contributed by atoms with Gasteiger partial charge in [0.2, 0.25) is 0 Å². The molecule has 1 aromatic rings. The van der Waals surface area contributed by atoms with Gasteiger partial charge in [-0.15, -0.1) is 0 Å². The fourth-order valence-electron chi connectivity index (χ4n) is 6.68. The van der Waals surface area contributed by atoms with Gasteiger partial charge in [-0.05, 0) is 37.3 Å². The van der Waals surface area contributed by atoms with E-state index in [9.17, 15) is 9.90 Å². The lowest BCUT2D eigenvalue weighted by atomic mass is 9.48. The van der Waals surface area contributed by atoms with Crippen LogP contribution in [0.25, 0.3) is 0 Å². The highest BCUT2D eigenvalue weighted by molar-refractivity contribution is 5.81. The lowest BCUT2D eigenvalue weighted by Gasteiger charge is -2.66. The molecule has 0 spiro atoms. The number of methoxy groups -OCH3 is 1. The van der Waals surface area contributed by atoms with E-state index in [4.69, 9.17) is 4.74 Å². The fourth-order valence-corrected chi connectivity index (χ4v) is 6.68. The van der Waals surface area contributed by atoms with Gasteiger partial charge in [0.05, 0.1) is 24.5 Å². The summed E-state index contributed by atoms with van der Waals surface area (Å²) in [4.78, 5) is 17.6. The maximum absolute atomic E-state index is 13.1. The Bertz CT molecular complexity index is 821. The summed E-state index contributed by atoms with van der Waals surface area (Å²) in [6.45, 7) is 3.79. The van der Waals surface area contributed by atoms with Crippen LogP contribution in [0.4, 0.5) is 5.69 Å². The van der Waals surface area contributed by atoms with E-state index < -0.39 is 11.1 Å². The molecule has 3 heterocycles. The van der Waals surface area contributed by atoms with Gasteiger partial charge in [-0.25, -0.2) is 0 Å². The number of para-hydroxylation sites is 1. The van der Waals surface area contributed by atoms with Crippen LogP contribution in [0.15, 0.2) is 35.9 Å². The summed E-state index contributed by atoms with van der Waals surface area (Å²) in [5.41, 5.74) is 1.76. The summed E-state index contributed by atoms with van der Waals surface area (Å²) in [6, 6.07) is 8.23. The van der Waals surface area contributed by atoms with E-state index in [0.29, 0.717) is 0 Å². The highest BCUT2D eigenvalue weighted by Gasteiger charge is 2.76. The van der Waals surface area contributed by atoms with Crippen molar-refractivity contribution in [3.63, 3.8) is 0 Å². The average molecular weight is 354 g/mol. The number of fused-ring (bicyclic) bond motifs is 2.